The highest BCUT2D eigenvalue weighted by Crippen LogP contribution is 2.66. The summed E-state index contributed by atoms with van der Waals surface area (Å²) < 4.78 is 0. The van der Waals surface area contributed by atoms with Gasteiger partial charge in [0.2, 0.25) is 0 Å². The zero-order chi connectivity index (χ0) is 17.1. The number of fused-ring (bicyclic) bond motifs is 5. The normalized spacial score (nSPS) is 52.0. The molecule has 0 aromatic heterocycles. The Morgan fingerprint density at radius 2 is 2.00 bits per heavy atom. The number of hydrogen-bond donors (Lipinski definition) is 3. The third-order valence-electron chi connectivity index (χ3n) is 8.85. The molecule has 0 aromatic rings. The summed E-state index contributed by atoms with van der Waals surface area (Å²) in [6.07, 6.45) is 12.2. The third-order valence-corrected chi connectivity index (χ3v) is 8.85. The van der Waals surface area contributed by atoms with E-state index in [4.69, 9.17) is 11.5 Å². The zero-order valence-electron chi connectivity index (χ0n) is 15.5. The minimum atomic E-state index is 0.0993. The van der Waals surface area contributed by atoms with Crippen LogP contribution in [0.5, 0.6) is 0 Å². The molecule has 4 aliphatic carbocycles. The smallest absolute Gasteiger partial charge is 0.0493 e. The van der Waals surface area contributed by atoms with Gasteiger partial charge in [0.15, 0.2) is 0 Å². The molecule has 0 aromatic carbocycles. The standard InChI is InChI=1S/C21H36N2O/c1-13(22)17-5-6-19-16-4-3-14-11-15(23)7-9-20(14,2)18(16)8-10-21(17,19)12-24/h3,13,15-19,24H,4-12,22-23H2,1-2H3/t13-,15+,16+,17+,18-,19-,20-,21-/m0/s1. The van der Waals surface area contributed by atoms with Gasteiger partial charge in [0.1, 0.15) is 0 Å². The van der Waals surface area contributed by atoms with Crippen LogP contribution in [0.15, 0.2) is 11.6 Å². The van der Waals surface area contributed by atoms with Gasteiger partial charge >= 0.3 is 0 Å². The van der Waals surface area contributed by atoms with E-state index in [1.54, 1.807) is 5.57 Å². The van der Waals surface area contributed by atoms with E-state index in [1.807, 2.05) is 0 Å². The van der Waals surface area contributed by atoms with Crippen LogP contribution in [0.3, 0.4) is 0 Å². The predicted molar refractivity (Wildman–Crippen MR) is 98.2 cm³/mol. The Labute approximate surface area is 147 Å². The summed E-state index contributed by atoms with van der Waals surface area (Å²) in [5.74, 6) is 2.72. The highest BCUT2D eigenvalue weighted by atomic mass is 16.3. The lowest BCUT2D eigenvalue weighted by atomic mass is 9.47. The van der Waals surface area contributed by atoms with Crippen molar-refractivity contribution in [2.24, 2.45) is 46.0 Å². The fourth-order valence-electron chi connectivity index (χ4n) is 7.64. The van der Waals surface area contributed by atoms with E-state index in [0.29, 0.717) is 29.9 Å². The van der Waals surface area contributed by atoms with Gasteiger partial charge in [-0.15, -0.1) is 0 Å². The molecular formula is C21H36N2O. The Bertz CT molecular complexity index is 530. The van der Waals surface area contributed by atoms with Crippen molar-refractivity contribution in [1.82, 2.24) is 0 Å². The predicted octanol–water partition coefficient (Wildman–Crippen LogP) is 3.21. The molecule has 0 radical (unpaired) electrons. The van der Waals surface area contributed by atoms with Crippen molar-refractivity contribution in [2.75, 3.05) is 6.61 Å². The van der Waals surface area contributed by atoms with E-state index >= 15 is 0 Å². The molecule has 0 aliphatic heterocycles. The lowest BCUT2D eigenvalue weighted by Crippen LogP contribution is -2.54. The van der Waals surface area contributed by atoms with Crippen molar-refractivity contribution in [3.05, 3.63) is 11.6 Å². The van der Waals surface area contributed by atoms with Gasteiger partial charge in [0, 0.05) is 24.1 Å². The first-order valence-corrected chi connectivity index (χ1v) is 10.2. The van der Waals surface area contributed by atoms with Crippen molar-refractivity contribution in [3.8, 4) is 0 Å². The maximum absolute atomic E-state index is 10.4. The van der Waals surface area contributed by atoms with Gasteiger partial charge in [-0.05, 0) is 87.4 Å². The average Bonchev–Trinajstić information content (AvgIpc) is 2.95. The van der Waals surface area contributed by atoms with Crippen LogP contribution in [0.2, 0.25) is 0 Å². The van der Waals surface area contributed by atoms with Crippen molar-refractivity contribution in [2.45, 2.75) is 77.3 Å². The largest absolute Gasteiger partial charge is 0.396 e. The highest BCUT2D eigenvalue weighted by molar-refractivity contribution is 5.26. The van der Waals surface area contributed by atoms with Gasteiger partial charge in [-0.1, -0.05) is 18.6 Å². The summed E-state index contributed by atoms with van der Waals surface area (Å²) in [5, 5.41) is 10.4. The maximum atomic E-state index is 10.4. The van der Waals surface area contributed by atoms with Crippen molar-refractivity contribution in [1.29, 1.82) is 0 Å². The van der Waals surface area contributed by atoms with Crippen LogP contribution in [0.1, 0.15) is 65.2 Å². The number of aliphatic hydroxyl groups excluding tert-OH is 1. The van der Waals surface area contributed by atoms with E-state index in [2.05, 4.69) is 19.9 Å². The van der Waals surface area contributed by atoms with Gasteiger partial charge < -0.3 is 16.6 Å². The second-order valence-electron chi connectivity index (χ2n) is 9.74. The molecule has 5 N–H and O–H groups in total. The van der Waals surface area contributed by atoms with Crippen molar-refractivity contribution >= 4 is 0 Å². The molecule has 0 spiro atoms. The molecule has 0 heterocycles. The summed E-state index contributed by atoms with van der Waals surface area (Å²) >= 11 is 0. The molecule has 0 unspecified atom stereocenters. The van der Waals surface area contributed by atoms with Gasteiger partial charge in [-0.25, -0.2) is 0 Å². The molecule has 3 nitrogen and oxygen atoms in total. The van der Waals surface area contributed by atoms with Gasteiger partial charge in [0.25, 0.3) is 0 Å². The van der Waals surface area contributed by atoms with E-state index in [-0.39, 0.29) is 11.5 Å². The summed E-state index contributed by atoms with van der Waals surface area (Å²) in [5.41, 5.74) is 14.7. The Balaban J connectivity index is 1.67. The van der Waals surface area contributed by atoms with Crippen LogP contribution in [0, 0.1) is 34.5 Å². The van der Waals surface area contributed by atoms with Crippen LogP contribution in [-0.4, -0.2) is 23.8 Å². The first kappa shape index (κ1) is 17.1. The molecule has 0 bridgehead atoms. The first-order valence-electron chi connectivity index (χ1n) is 10.2. The minimum Gasteiger partial charge on any atom is -0.396 e. The molecule has 24 heavy (non-hydrogen) atoms. The highest BCUT2D eigenvalue weighted by Gasteiger charge is 2.60. The molecule has 3 fully saturated rings. The maximum Gasteiger partial charge on any atom is 0.0493 e. The molecule has 136 valence electrons. The zero-order valence-corrected chi connectivity index (χ0v) is 15.5. The average molecular weight is 333 g/mol. The number of allylic oxidation sites excluding steroid dienone is 1. The Kier molecular flexibility index (Phi) is 4.14. The van der Waals surface area contributed by atoms with Gasteiger partial charge in [-0.2, -0.15) is 0 Å². The van der Waals surface area contributed by atoms with Crippen LogP contribution in [-0.2, 0) is 0 Å². The number of aliphatic hydroxyl groups is 1. The first-order chi connectivity index (χ1) is 11.4. The number of rotatable bonds is 2. The molecule has 0 amide bonds. The molecule has 3 saturated carbocycles. The minimum absolute atomic E-state index is 0.0993. The summed E-state index contributed by atoms with van der Waals surface area (Å²) in [7, 11) is 0. The monoisotopic (exact) mass is 332 g/mol. The third kappa shape index (κ3) is 2.20. The van der Waals surface area contributed by atoms with Gasteiger partial charge in [-0.3, -0.25) is 0 Å². The molecule has 4 rings (SSSR count). The van der Waals surface area contributed by atoms with E-state index in [9.17, 15) is 5.11 Å². The molecule has 3 heteroatoms. The van der Waals surface area contributed by atoms with Crippen LogP contribution in [0.4, 0.5) is 0 Å². The lowest BCUT2D eigenvalue weighted by molar-refractivity contribution is -0.0802. The second-order valence-corrected chi connectivity index (χ2v) is 9.74. The molecule has 4 aliphatic rings. The van der Waals surface area contributed by atoms with Crippen LogP contribution in [0.25, 0.3) is 0 Å². The topological polar surface area (TPSA) is 72.3 Å². The van der Waals surface area contributed by atoms with E-state index < -0.39 is 0 Å². The summed E-state index contributed by atoms with van der Waals surface area (Å²) in [6, 6.07) is 0.576. The SMILES string of the molecule is C[C@H](N)[C@H]1CC[C@H]2[C@@H]3CC=C4C[C@H](N)CC[C@]4(C)[C@H]3CC[C@]12CO. The van der Waals surface area contributed by atoms with Crippen LogP contribution >= 0.6 is 0 Å². The molecule has 8 atom stereocenters. The Morgan fingerprint density at radius 1 is 1.21 bits per heavy atom. The molecular weight excluding hydrogens is 296 g/mol. The van der Waals surface area contributed by atoms with E-state index in [0.717, 1.165) is 18.3 Å². The fourth-order valence-corrected chi connectivity index (χ4v) is 7.64. The van der Waals surface area contributed by atoms with Crippen LogP contribution < -0.4 is 11.5 Å². The van der Waals surface area contributed by atoms with Crippen molar-refractivity contribution < 1.29 is 5.11 Å². The van der Waals surface area contributed by atoms with Gasteiger partial charge in [0.05, 0.1) is 0 Å². The number of nitrogens with two attached hydrogens (primary N) is 2. The molecule has 0 saturated heterocycles. The van der Waals surface area contributed by atoms with Crippen molar-refractivity contribution in [3.63, 3.8) is 0 Å². The second kappa shape index (κ2) is 5.82. The number of hydrogen-bond acceptors (Lipinski definition) is 3. The van der Waals surface area contributed by atoms with E-state index in [1.165, 1.54) is 44.9 Å². The Hall–Kier alpha value is -0.380. The summed E-state index contributed by atoms with van der Waals surface area (Å²) in [4.78, 5) is 0. The Morgan fingerprint density at radius 3 is 2.71 bits per heavy atom. The quantitative estimate of drug-likeness (QED) is 0.680. The summed E-state index contributed by atoms with van der Waals surface area (Å²) in [6.45, 7) is 5.01. The fraction of sp³-hybridized carbons (Fsp3) is 0.905. The lowest BCUT2D eigenvalue weighted by Gasteiger charge is -2.58.